The van der Waals surface area contributed by atoms with Gasteiger partial charge in [-0.3, -0.25) is 0 Å². The second-order valence-electron chi connectivity index (χ2n) is 4.65. The van der Waals surface area contributed by atoms with Gasteiger partial charge in [-0.1, -0.05) is 0 Å². The highest BCUT2D eigenvalue weighted by Crippen LogP contribution is 2.31. The number of hydrogen-bond acceptors (Lipinski definition) is 4. The van der Waals surface area contributed by atoms with E-state index in [1.807, 2.05) is 6.92 Å². The van der Waals surface area contributed by atoms with Crippen molar-refractivity contribution in [3.63, 3.8) is 0 Å². The molecule has 0 bridgehead atoms. The third kappa shape index (κ3) is 2.98. The average Bonchev–Trinajstić information content (AvgIpc) is 2.36. The molecule has 1 aromatic carbocycles. The number of benzene rings is 1. The summed E-state index contributed by atoms with van der Waals surface area (Å²) in [4.78, 5) is 8.29. The smallest absolute Gasteiger partial charge is 0.383 e. The van der Waals surface area contributed by atoms with Crippen molar-refractivity contribution in [1.29, 1.82) is 0 Å². The van der Waals surface area contributed by atoms with Crippen LogP contribution in [0, 0.1) is 0 Å². The Bertz CT molecular complexity index is 625. The fourth-order valence-electron chi connectivity index (χ4n) is 1.85. The Morgan fingerprint density at radius 3 is 2.60 bits per heavy atom. The van der Waals surface area contributed by atoms with E-state index in [-0.39, 0.29) is 17.4 Å². The third-order valence-corrected chi connectivity index (χ3v) is 3.08. The highest BCUT2D eigenvalue weighted by Gasteiger charge is 2.30. The van der Waals surface area contributed by atoms with E-state index in [2.05, 4.69) is 15.3 Å². The SMILES string of the molecule is CNC(C)Cc1nc(N)c2ccc(C(F)(F)F)cc2n1. The number of nitrogens with two attached hydrogens (primary N) is 1. The number of nitrogens with one attached hydrogen (secondary N) is 1. The molecule has 0 saturated carbocycles. The monoisotopic (exact) mass is 284 g/mol. The van der Waals surface area contributed by atoms with Crippen molar-refractivity contribution in [3.05, 3.63) is 29.6 Å². The number of anilines is 1. The number of nitrogens with zero attached hydrogens (tertiary/aromatic N) is 2. The van der Waals surface area contributed by atoms with Crippen LogP contribution in [0.1, 0.15) is 18.3 Å². The maximum absolute atomic E-state index is 12.7. The summed E-state index contributed by atoms with van der Waals surface area (Å²) in [6, 6.07) is 3.40. The molecule has 0 amide bonds. The molecule has 108 valence electrons. The van der Waals surface area contributed by atoms with E-state index >= 15 is 0 Å². The van der Waals surface area contributed by atoms with Crippen LogP contribution in [0.25, 0.3) is 10.9 Å². The summed E-state index contributed by atoms with van der Waals surface area (Å²) < 4.78 is 38.1. The van der Waals surface area contributed by atoms with Gasteiger partial charge in [0, 0.05) is 17.8 Å². The molecule has 0 aliphatic rings. The van der Waals surface area contributed by atoms with Crippen LogP contribution in [-0.4, -0.2) is 23.1 Å². The van der Waals surface area contributed by atoms with Gasteiger partial charge in [0.25, 0.3) is 0 Å². The van der Waals surface area contributed by atoms with E-state index in [1.165, 1.54) is 6.07 Å². The molecule has 0 fully saturated rings. The average molecular weight is 284 g/mol. The predicted octanol–water partition coefficient (Wildman–Crippen LogP) is 2.38. The van der Waals surface area contributed by atoms with Gasteiger partial charge in [-0.05, 0) is 32.2 Å². The first kappa shape index (κ1) is 14.5. The molecular weight excluding hydrogens is 269 g/mol. The van der Waals surface area contributed by atoms with Crippen LogP contribution < -0.4 is 11.1 Å². The van der Waals surface area contributed by atoms with E-state index in [0.29, 0.717) is 17.6 Å². The fourth-order valence-corrected chi connectivity index (χ4v) is 1.85. The normalized spacial score (nSPS) is 13.7. The lowest BCUT2D eigenvalue weighted by Gasteiger charge is -2.12. The van der Waals surface area contributed by atoms with Crippen molar-refractivity contribution in [3.8, 4) is 0 Å². The van der Waals surface area contributed by atoms with Crippen LogP contribution >= 0.6 is 0 Å². The lowest BCUT2D eigenvalue weighted by molar-refractivity contribution is -0.137. The van der Waals surface area contributed by atoms with E-state index in [9.17, 15) is 13.2 Å². The van der Waals surface area contributed by atoms with Gasteiger partial charge < -0.3 is 11.1 Å². The molecule has 4 nitrogen and oxygen atoms in total. The predicted molar refractivity (Wildman–Crippen MR) is 71.2 cm³/mol. The summed E-state index contributed by atoms with van der Waals surface area (Å²) in [5.41, 5.74) is 5.25. The molecule has 2 rings (SSSR count). The minimum absolute atomic E-state index is 0.109. The minimum atomic E-state index is -4.40. The number of fused-ring (bicyclic) bond motifs is 1. The highest BCUT2D eigenvalue weighted by molar-refractivity contribution is 5.88. The second kappa shape index (κ2) is 5.24. The number of nitrogen functional groups attached to an aromatic ring is 1. The molecule has 0 aliphatic heterocycles. The maximum Gasteiger partial charge on any atom is 0.416 e. The number of likely N-dealkylation sites (N-methyl/N-ethyl adjacent to an activating group) is 1. The first-order valence-electron chi connectivity index (χ1n) is 6.12. The number of hydrogen-bond donors (Lipinski definition) is 2. The molecule has 1 atom stereocenters. The fraction of sp³-hybridized carbons (Fsp3) is 0.385. The van der Waals surface area contributed by atoms with Gasteiger partial charge in [-0.2, -0.15) is 13.2 Å². The van der Waals surface area contributed by atoms with Gasteiger partial charge in [0.1, 0.15) is 11.6 Å². The van der Waals surface area contributed by atoms with Crippen molar-refractivity contribution in [2.45, 2.75) is 25.6 Å². The first-order valence-corrected chi connectivity index (χ1v) is 6.12. The van der Waals surface area contributed by atoms with E-state index in [0.717, 1.165) is 12.1 Å². The molecule has 0 aliphatic carbocycles. The van der Waals surface area contributed by atoms with Crippen molar-refractivity contribution in [1.82, 2.24) is 15.3 Å². The number of halogens is 3. The number of aromatic nitrogens is 2. The summed E-state index contributed by atoms with van der Waals surface area (Å²) in [5, 5.41) is 3.45. The molecule has 20 heavy (non-hydrogen) atoms. The van der Waals surface area contributed by atoms with Crippen molar-refractivity contribution in [2.24, 2.45) is 0 Å². The standard InChI is InChI=1S/C13H15F3N4/c1-7(18-2)5-11-19-10-6-8(13(14,15)16)3-4-9(10)12(17)20-11/h3-4,6-7,18H,5H2,1-2H3,(H2,17,19,20). The van der Waals surface area contributed by atoms with Crippen LogP contribution in [0.3, 0.4) is 0 Å². The summed E-state index contributed by atoms with van der Waals surface area (Å²) in [5.74, 6) is 0.623. The topological polar surface area (TPSA) is 63.8 Å². The Morgan fingerprint density at radius 2 is 2.00 bits per heavy atom. The Hall–Kier alpha value is -1.89. The maximum atomic E-state index is 12.7. The van der Waals surface area contributed by atoms with Gasteiger partial charge in [0.15, 0.2) is 0 Å². The van der Waals surface area contributed by atoms with Gasteiger partial charge in [0.2, 0.25) is 0 Å². The van der Waals surface area contributed by atoms with Gasteiger partial charge >= 0.3 is 6.18 Å². The first-order chi connectivity index (χ1) is 9.31. The molecule has 1 heterocycles. The quantitative estimate of drug-likeness (QED) is 0.908. The zero-order valence-electron chi connectivity index (χ0n) is 11.1. The lowest BCUT2D eigenvalue weighted by Crippen LogP contribution is -2.24. The van der Waals surface area contributed by atoms with Crippen molar-refractivity contribution >= 4 is 16.7 Å². The van der Waals surface area contributed by atoms with E-state index in [4.69, 9.17) is 5.73 Å². The molecule has 7 heteroatoms. The number of rotatable bonds is 3. The van der Waals surface area contributed by atoms with E-state index < -0.39 is 11.7 Å². The second-order valence-corrected chi connectivity index (χ2v) is 4.65. The Morgan fingerprint density at radius 1 is 1.30 bits per heavy atom. The molecule has 1 unspecified atom stereocenters. The molecule has 3 N–H and O–H groups in total. The zero-order chi connectivity index (χ0) is 14.9. The Balaban J connectivity index is 2.50. The van der Waals surface area contributed by atoms with E-state index in [1.54, 1.807) is 7.05 Å². The third-order valence-electron chi connectivity index (χ3n) is 3.08. The zero-order valence-corrected chi connectivity index (χ0v) is 11.1. The largest absolute Gasteiger partial charge is 0.416 e. The molecule has 2 aromatic rings. The minimum Gasteiger partial charge on any atom is -0.383 e. The molecule has 0 spiro atoms. The number of alkyl halides is 3. The Labute approximate surface area is 114 Å². The Kier molecular flexibility index (Phi) is 3.80. The summed E-state index contributed by atoms with van der Waals surface area (Å²) in [6.07, 6.45) is -3.90. The van der Waals surface area contributed by atoms with Crippen LogP contribution in [0.2, 0.25) is 0 Å². The summed E-state index contributed by atoms with van der Waals surface area (Å²) >= 11 is 0. The van der Waals surface area contributed by atoms with Crippen LogP contribution in [-0.2, 0) is 12.6 Å². The van der Waals surface area contributed by atoms with Crippen molar-refractivity contribution < 1.29 is 13.2 Å². The van der Waals surface area contributed by atoms with Crippen LogP contribution in [0.15, 0.2) is 18.2 Å². The molecule has 0 saturated heterocycles. The molecule has 0 radical (unpaired) electrons. The van der Waals surface area contributed by atoms with Gasteiger partial charge in [-0.15, -0.1) is 0 Å². The van der Waals surface area contributed by atoms with Crippen LogP contribution in [0.4, 0.5) is 19.0 Å². The van der Waals surface area contributed by atoms with Crippen LogP contribution in [0.5, 0.6) is 0 Å². The summed E-state index contributed by atoms with van der Waals surface area (Å²) in [7, 11) is 1.79. The van der Waals surface area contributed by atoms with Gasteiger partial charge in [-0.25, -0.2) is 9.97 Å². The summed E-state index contributed by atoms with van der Waals surface area (Å²) in [6.45, 7) is 1.93. The van der Waals surface area contributed by atoms with Crippen molar-refractivity contribution in [2.75, 3.05) is 12.8 Å². The highest BCUT2D eigenvalue weighted by atomic mass is 19.4. The van der Waals surface area contributed by atoms with Gasteiger partial charge in [0.05, 0.1) is 11.1 Å². The lowest BCUT2D eigenvalue weighted by atomic mass is 10.1. The molecule has 1 aromatic heterocycles. The molecular formula is C13H15F3N4.